The van der Waals surface area contributed by atoms with Gasteiger partial charge in [-0.05, 0) is 55.9 Å². The molecular weight excluding hydrogens is 380 g/mol. The lowest BCUT2D eigenvalue weighted by Crippen LogP contribution is -2.39. The second-order valence-corrected chi connectivity index (χ2v) is 8.44. The van der Waals surface area contributed by atoms with Crippen molar-refractivity contribution in [3.63, 3.8) is 0 Å². The maximum Gasteiger partial charge on any atom is 0.0788 e. The lowest BCUT2D eigenvalue weighted by molar-refractivity contribution is -0.0313. The van der Waals surface area contributed by atoms with Crippen molar-refractivity contribution in [3.05, 3.63) is 84.2 Å². The highest BCUT2D eigenvalue weighted by atomic mass is 16.3. The topological polar surface area (TPSA) is 46.0 Å². The van der Waals surface area contributed by atoms with Crippen LogP contribution in [-0.4, -0.2) is 20.7 Å². The summed E-state index contributed by atoms with van der Waals surface area (Å²) in [7, 11) is 0. The quantitative estimate of drug-likeness (QED) is 0.398. The van der Waals surface area contributed by atoms with Crippen LogP contribution in [0.4, 0.5) is 0 Å². The minimum atomic E-state index is -0.504. The third kappa shape index (κ3) is 4.24. The molecule has 0 amide bonds. The third-order valence-corrected chi connectivity index (χ3v) is 6.05. The minimum Gasteiger partial charge on any atom is -0.390 e. The maximum atomic E-state index is 10.0. The Labute approximate surface area is 184 Å². The van der Waals surface area contributed by atoms with Crippen LogP contribution in [0.3, 0.4) is 0 Å². The Bertz CT molecular complexity index is 1170. The molecule has 31 heavy (non-hydrogen) atoms. The molecule has 2 aromatic carbocycles. The van der Waals surface area contributed by atoms with Gasteiger partial charge in [0.15, 0.2) is 0 Å². The second kappa shape index (κ2) is 8.60. The summed E-state index contributed by atoms with van der Waals surface area (Å²) in [6.45, 7) is 7.95. The van der Waals surface area contributed by atoms with E-state index in [4.69, 9.17) is 4.98 Å². The predicted molar refractivity (Wildman–Crippen MR) is 129 cm³/mol. The van der Waals surface area contributed by atoms with Crippen LogP contribution < -0.4 is 0 Å². The van der Waals surface area contributed by atoms with Crippen molar-refractivity contribution in [2.45, 2.75) is 52.1 Å². The molecule has 0 bridgehead atoms. The number of pyridine rings is 2. The number of aliphatic hydroxyl groups is 1. The van der Waals surface area contributed by atoms with Gasteiger partial charge in [-0.15, -0.1) is 0 Å². The molecule has 2 heterocycles. The summed E-state index contributed by atoms with van der Waals surface area (Å²) in [5.74, 6) is 0.450. The van der Waals surface area contributed by atoms with Crippen molar-refractivity contribution in [3.8, 4) is 22.4 Å². The molecule has 2 aromatic heterocycles. The first-order valence-corrected chi connectivity index (χ1v) is 11.1. The van der Waals surface area contributed by atoms with Gasteiger partial charge in [-0.2, -0.15) is 0 Å². The van der Waals surface area contributed by atoms with Crippen molar-refractivity contribution in [1.29, 1.82) is 0 Å². The molecule has 1 N–H and O–H groups in total. The van der Waals surface area contributed by atoms with E-state index in [2.05, 4.69) is 59.6 Å². The Morgan fingerprint density at radius 3 is 2.23 bits per heavy atom. The molecule has 0 unspecified atom stereocenters. The fourth-order valence-electron chi connectivity index (χ4n) is 4.44. The Kier molecular flexibility index (Phi) is 5.88. The molecule has 0 spiro atoms. The standard InChI is InChI=1S/C26H24N2O.C2H6/c1-17-22-14-23(19-6-4-3-5-7-19)25(28-24(22)12-13-27-17)20-10-8-18(9-11-20)21-15-26(2,29)16-21;1-2/h3-14,21,29H,15-16H2,1-2H3;1-2H3. The summed E-state index contributed by atoms with van der Waals surface area (Å²) >= 11 is 0. The van der Waals surface area contributed by atoms with E-state index < -0.39 is 5.60 Å². The number of hydrogen-bond acceptors (Lipinski definition) is 3. The first kappa shape index (κ1) is 21.2. The SMILES string of the molecule is CC.Cc1nccc2nc(-c3ccc(C4CC(C)(O)C4)cc3)c(-c3ccccc3)cc12. The van der Waals surface area contributed by atoms with Crippen molar-refractivity contribution in [2.75, 3.05) is 0 Å². The molecule has 0 saturated heterocycles. The molecule has 1 aliphatic carbocycles. The van der Waals surface area contributed by atoms with E-state index in [9.17, 15) is 5.11 Å². The molecule has 4 aromatic rings. The molecule has 158 valence electrons. The molecule has 0 aliphatic heterocycles. The molecule has 5 rings (SSSR count). The molecule has 0 radical (unpaired) electrons. The van der Waals surface area contributed by atoms with Gasteiger partial charge in [0, 0.05) is 28.4 Å². The van der Waals surface area contributed by atoms with Gasteiger partial charge in [0.05, 0.1) is 16.8 Å². The first-order valence-electron chi connectivity index (χ1n) is 11.1. The normalized spacial score (nSPS) is 20.0. The molecule has 3 heteroatoms. The van der Waals surface area contributed by atoms with Crippen molar-refractivity contribution < 1.29 is 5.11 Å². The average Bonchev–Trinajstić information content (AvgIpc) is 2.79. The van der Waals surface area contributed by atoms with E-state index in [0.29, 0.717) is 5.92 Å². The second-order valence-electron chi connectivity index (χ2n) is 8.44. The van der Waals surface area contributed by atoms with Crippen molar-refractivity contribution in [2.24, 2.45) is 0 Å². The Morgan fingerprint density at radius 2 is 1.58 bits per heavy atom. The summed E-state index contributed by atoms with van der Waals surface area (Å²) in [5.41, 5.74) is 7.11. The molecule has 1 fully saturated rings. The number of aryl methyl sites for hydroxylation is 1. The first-order chi connectivity index (χ1) is 15.0. The van der Waals surface area contributed by atoms with Gasteiger partial charge < -0.3 is 5.11 Å². The van der Waals surface area contributed by atoms with Crippen molar-refractivity contribution >= 4 is 10.9 Å². The zero-order valence-electron chi connectivity index (χ0n) is 18.8. The third-order valence-electron chi connectivity index (χ3n) is 6.05. The Hall–Kier alpha value is -3.04. The van der Waals surface area contributed by atoms with Crippen LogP contribution in [0.25, 0.3) is 33.3 Å². The van der Waals surface area contributed by atoms with Crippen LogP contribution in [0.2, 0.25) is 0 Å². The van der Waals surface area contributed by atoms with E-state index in [1.165, 1.54) is 5.56 Å². The van der Waals surface area contributed by atoms with Crippen LogP contribution in [0, 0.1) is 6.92 Å². The van der Waals surface area contributed by atoms with Gasteiger partial charge in [-0.1, -0.05) is 68.4 Å². The molecule has 1 saturated carbocycles. The highest BCUT2D eigenvalue weighted by Crippen LogP contribution is 2.44. The zero-order chi connectivity index (χ0) is 22.0. The Morgan fingerprint density at radius 1 is 0.903 bits per heavy atom. The van der Waals surface area contributed by atoms with E-state index >= 15 is 0 Å². The van der Waals surface area contributed by atoms with Gasteiger partial charge in [-0.3, -0.25) is 4.98 Å². The van der Waals surface area contributed by atoms with E-state index in [0.717, 1.165) is 51.8 Å². The number of rotatable bonds is 3. The van der Waals surface area contributed by atoms with Gasteiger partial charge in [-0.25, -0.2) is 4.98 Å². The zero-order valence-corrected chi connectivity index (χ0v) is 18.8. The van der Waals surface area contributed by atoms with Gasteiger partial charge in [0.25, 0.3) is 0 Å². The van der Waals surface area contributed by atoms with Crippen LogP contribution >= 0.6 is 0 Å². The monoisotopic (exact) mass is 410 g/mol. The number of benzene rings is 2. The number of hydrogen-bond donors (Lipinski definition) is 1. The predicted octanol–water partition coefficient (Wildman–Crippen LogP) is 6.93. The van der Waals surface area contributed by atoms with Crippen LogP contribution in [0.1, 0.15) is 50.8 Å². The lowest BCUT2D eigenvalue weighted by atomic mass is 9.69. The van der Waals surface area contributed by atoms with Gasteiger partial charge in [0.1, 0.15) is 0 Å². The summed E-state index contributed by atoms with van der Waals surface area (Å²) in [6, 6.07) is 23.3. The summed E-state index contributed by atoms with van der Waals surface area (Å²) in [5, 5.41) is 11.1. The molecule has 3 nitrogen and oxygen atoms in total. The summed E-state index contributed by atoms with van der Waals surface area (Å²) in [6.07, 6.45) is 3.49. The van der Waals surface area contributed by atoms with Crippen molar-refractivity contribution in [1.82, 2.24) is 9.97 Å². The van der Waals surface area contributed by atoms with Crippen LogP contribution in [-0.2, 0) is 0 Å². The Balaban J connectivity index is 0.00000112. The molecule has 1 aliphatic rings. The smallest absolute Gasteiger partial charge is 0.0788 e. The van der Waals surface area contributed by atoms with E-state index in [-0.39, 0.29) is 0 Å². The summed E-state index contributed by atoms with van der Waals surface area (Å²) in [4.78, 5) is 9.48. The number of fused-ring (bicyclic) bond motifs is 1. The van der Waals surface area contributed by atoms with E-state index in [1.54, 1.807) is 0 Å². The highest BCUT2D eigenvalue weighted by Gasteiger charge is 2.38. The minimum absolute atomic E-state index is 0.450. The average molecular weight is 411 g/mol. The fourth-order valence-corrected chi connectivity index (χ4v) is 4.44. The van der Waals surface area contributed by atoms with Crippen LogP contribution in [0.5, 0.6) is 0 Å². The molecule has 0 atom stereocenters. The summed E-state index contributed by atoms with van der Waals surface area (Å²) < 4.78 is 0. The van der Waals surface area contributed by atoms with Crippen LogP contribution in [0.15, 0.2) is 72.9 Å². The van der Waals surface area contributed by atoms with Gasteiger partial charge >= 0.3 is 0 Å². The fraction of sp³-hybridized carbons (Fsp3) is 0.286. The highest BCUT2D eigenvalue weighted by molar-refractivity contribution is 5.92. The van der Waals surface area contributed by atoms with Gasteiger partial charge in [0.2, 0.25) is 0 Å². The largest absolute Gasteiger partial charge is 0.390 e. The van der Waals surface area contributed by atoms with E-state index in [1.807, 2.05) is 46.0 Å². The molecular formula is C28H30N2O. The number of nitrogens with zero attached hydrogens (tertiary/aromatic N) is 2. The lowest BCUT2D eigenvalue weighted by Gasteiger charge is -2.41. The maximum absolute atomic E-state index is 10.0. The number of aromatic nitrogens is 2.